The fourth-order valence-electron chi connectivity index (χ4n) is 1.94. The Balaban J connectivity index is 2.08. The third-order valence-corrected chi connectivity index (χ3v) is 3.05. The van der Waals surface area contributed by atoms with Crippen molar-refractivity contribution in [3.63, 3.8) is 0 Å². The number of carbonyl (C=O) groups is 2. The van der Waals surface area contributed by atoms with Crippen molar-refractivity contribution in [2.45, 2.75) is 12.8 Å². The van der Waals surface area contributed by atoms with Crippen LogP contribution in [0, 0.1) is 0 Å². The van der Waals surface area contributed by atoms with Gasteiger partial charge in [-0.1, -0.05) is 0 Å². The molecule has 1 aliphatic rings. The first-order chi connectivity index (χ1) is 8.58. The number of rotatable bonds is 2. The van der Waals surface area contributed by atoms with Crippen molar-refractivity contribution < 1.29 is 9.59 Å². The van der Waals surface area contributed by atoms with Crippen LogP contribution in [0.1, 0.15) is 23.2 Å². The monoisotopic (exact) mass is 247 g/mol. The Hall–Kier alpha value is -1.91. The van der Waals surface area contributed by atoms with Crippen LogP contribution in [0.5, 0.6) is 0 Å². The fourth-order valence-corrected chi connectivity index (χ4v) is 1.94. The molecule has 5 nitrogen and oxygen atoms in total. The van der Waals surface area contributed by atoms with Gasteiger partial charge in [-0.3, -0.25) is 9.59 Å². The molecule has 1 aromatic heterocycles. The molecule has 5 heteroatoms. The molecule has 0 aromatic carbocycles. The normalized spacial score (nSPS) is 15.7. The van der Waals surface area contributed by atoms with Crippen molar-refractivity contribution in [2.24, 2.45) is 0 Å². The average molecular weight is 247 g/mol. The minimum atomic E-state index is -0.0529. The molecule has 0 radical (unpaired) electrons. The molecule has 1 saturated heterocycles. The molecule has 96 valence electrons. The van der Waals surface area contributed by atoms with Crippen molar-refractivity contribution >= 4 is 17.5 Å². The number of aromatic nitrogens is 1. The standard InChI is InChI=1S/C13H17N3O2/c1-15(2)13(18)10-3-4-12(14-9-10)16-7-5-11(17)6-8-16/h3-4,9H,5-8H2,1-2H3. The van der Waals surface area contributed by atoms with Gasteiger partial charge < -0.3 is 9.80 Å². The summed E-state index contributed by atoms with van der Waals surface area (Å²) in [7, 11) is 3.43. The van der Waals surface area contributed by atoms with Crippen LogP contribution < -0.4 is 4.90 Å². The van der Waals surface area contributed by atoms with E-state index in [-0.39, 0.29) is 5.91 Å². The van der Waals surface area contributed by atoms with Crippen LogP contribution in [0.2, 0.25) is 0 Å². The van der Waals surface area contributed by atoms with Crippen LogP contribution in [0.4, 0.5) is 5.82 Å². The largest absolute Gasteiger partial charge is 0.356 e. The third-order valence-electron chi connectivity index (χ3n) is 3.05. The topological polar surface area (TPSA) is 53.5 Å². The zero-order chi connectivity index (χ0) is 13.1. The number of hydrogen-bond donors (Lipinski definition) is 0. The predicted octanol–water partition coefficient (Wildman–Crippen LogP) is 0.953. The molecular formula is C13H17N3O2. The first kappa shape index (κ1) is 12.5. The molecule has 2 heterocycles. The van der Waals surface area contributed by atoms with E-state index in [2.05, 4.69) is 9.88 Å². The molecule has 18 heavy (non-hydrogen) atoms. The highest BCUT2D eigenvalue weighted by Gasteiger charge is 2.17. The molecule has 0 spiro atoms. The molecule has 0 atom stereocenters. The van der Waals surface area contributed by atoms with E-state index in [1.165, 1.54) is 4.90 Å². The second-order valence-electron chi connectivity index (χ2n) is 4.63. The summed E-state index contributed by atoms with van der Waals surface area (Å²) in [6.45, 7) is 1.43. The van der Waals surface area contributed by atoms with Crippen molar-refractivity contribution in [2.75, 3.05) is 32.1 Å². The summed E-state index contributed by atoms with van der Waals surface area (Å²) in [5, 5.41) is 0. The van der Waals surface area contributed by atoms with Gasteiger partial charge in [0.25, 0.3) is 5.91 Å². The van der Waals surface area contributed by atoms with Crippen molar-refractivity contribution in [1.29, 1.82) is 0 Å². The van der Waals surface area contributed by atoms with Crippen molar-refractivity contribution in [3.05, 3.63) is 23.9 Å². The highest BCUT2D eigenvalue weighted by molar-refractivity contribution is 5.93. The number of carbonyl (C=O) groups excluding carboxylic acids is 2. The Morgan fingerprint density at radius 1 is 1.28 bits per heavy atom. The maximum absolute atomic E-state index is 11.7. The van der Waals surface area contributed by atoms with Crippen LogP contribution in [-0.4, -0.2) is 48.8 Å². The first-order valence-electron chi connectivity index (χ1n) is 6.02. The van der Waals surface area contributed by atoms with Gasteiger partial charge in [-0.05, 0) is 12.1 Å². The van der Waals surface area contributed by atoms with E-state index in [1.807, 2.05) is 6.07 Å². The Morgan fingerprint density at radius 2 is 1.94 bits per heavy atom. The highest BCUT2D eigenvalue weighted by Crippen LogP contribution is 2.16. The number of amides is 1. The summed E-state index contributed by atoms with van der Waals surface area (Å²) in [6.07, 6.45) is 2.76. The van der Waals surface area contributed by atoms with Gasteiger partial charge in [-0.15, -0.1) is 0 Å². The van der Waals surface area contributed by atoms with Crippen LogP contribution >= 0.6 is 0 Å². The van der Waals surface area contributed by atoms with Gasteiger partial charge in [-0.2, -0.15) is 0 Å². The zero-order valence-electron chi connectivity index (χ0n) is 10.7. The number of Topliss-reactive ketones (excluding diaryl/α,β-unsaturated/α-hetero) is 1. The molecule has 0 N–H and O–H groups in total. The summed E-state index contributed by atoms with van der Waals surface area (Å²) >= 11 is 0. The zero-order valence-corrected chi connectivity index (χ0v) is 10.7. The molecule has 1 aromatic rings. The number of nitrogens with zero attached hydrogens (tertiary/aromatic N) is 3. The van der Waals surface area contributed by atoms with Crippen LogP contribution in [0.3, 0.4) is 0 Å². The Morgan fingerprint density at radius 3 is 2.44 bits per heavy atom. The van der Waals surface area contributed by atoms with Gasteiger partial charge in [0, 0.05) is 46.2 Å². The average Bonchev–Trinajstić information content (AvgIpc) is 2.39. The number of hydrogen-bond acceptors (Lipinski definition) is 4. The van der Waals surface area contributed by atoms with Crippen molar-refractivity contribution in [1.82, 2.24) is 9.88 Å². The van der Waals surface area contributed by atoms with E-state index >= 15 is 0 Å². The summed E-state index contributed by atoms with van der Waals surface area (Å²) in [5.74, 6) is 1.09. The van der Waals surface area contributed by atoms with E-state index in [0.29, 0.717) is 37.3 Å². The summed E-state index contributed by atoms with van der Waals surface area (Å²) in [4.78, 5) is 30.8. The summed E-state index contributed by atoms with van der Waals surface area (Å²) in [6, 6.07) is 3.62. The third kappa shape index (κ3) is 2.67. The Kier molecular flexibility index (Phi) is 3.60. The maximum Gasteiger partial charge on any atom is 0.254 e. The van der Waals surface area contributed by atoms with E-state index in [1.54, 1.807) is 26.4 Å². The van der Waals surface area contributed by atoms with Crippen LogP contribution in [0.15, 0.2) is 18.3 Å². The van der Waals surface area contributed by atoms with Gasteiger partial charge >= 0.3 is 0 Å². The van der Waals surface area contributed by atoms with E-state index in [9.17, 15) is 9.59 Å². The predicted molar refractivity (Wildman–Crippen MR) is 68.7 cm³/mol. The molecule has 0 bridgehead atoms. The second-order valence-corrected chi connectivity index (χ2v) is 4.63. The Bertz CT molecular complexity index is 444. The summed E-state index contributed by atoms with van der Waals surface area (Å²) in [5.41, 5.74) is 0.580. The molecule has 0 unspecified atom stereocenters. The second kappa shape index (κ2) is 5.16. The van der Waals surface area contributed by atoms with Gasteiger partial charge in [-0.25, -0.2) is 4.98 Å². The maximum atomic E-state index is 11.7. The van der Waals surface area contributed by atoms with E-state index < -0.39 is 0 Å². The molecule has 0 aliphatic carbocycles. The summed E-state index contributed by atoms with van der Waals surface area (Å²) < 4.78 is 0. The van der Waals surface area contributed by atoms with Gasteiger partial charge in [0.2, 0.25) is 0 Å². The van der Waals surface area contributed by atoms with Gasteiger partial charge in [0.15, 0.2) is 0 Å². The minimum Gasteiger partial charge on any atom is -0.356 e. The fraction of sp³-hybridized carbons (Fsp3) is 0.462. The number of piperidine rings is 1. The number of ketones is 1. The quantitative estimate of drug-likeness (QED) is 0.781. The van der Waals surface area contributed by atoms with Crippen LogP contribution in [-0.2, 0) is 4.79 Å². The first-order valence-corrected chi connectivity index (χ1v) is 6.02. The smallest absolute Gasteiger partial charge is 0.254 e. The molecule has 0 saturated carbocycles. The minimum absolute atomic E-state index is 0.0529. The molecule has 1 aliphatic heterocycles. The SMILES string of the molecule is CN(C)C(=O)c1ccc(N2CCC(=O)CC2)nc1. The van der Waals surface area contributed by atoms with Gasteiger partial charge in [0.1, 0.15) is 11.6 Å². The number of pyridine rings is 1. The highest BCUT2D eigenvalue weighted by atomic mass is 16.2. The van der Waals surface area contributed by atoms with Gasteiger partial charge in [0.05, 0.1) is 5.56 Å². The molecule has 1 fully saturated rings. The van der Waals surface area contributed by atoms with E-state index in [4.69, 9.17) is 0 Å². The lowest BCUT2D eigenvalue weighted by Crippen LogP contribution is -2.34. The number of anilines is 1. The molecule has 1 amide bonds. The molecular weight excluding hydrogens is 230 g/mol. The van der Waals surface area contributed by atoms with Crippen LogP contribution in [0.25, 0.3) is 0 Å². The van der Waals surface area contributed by atoms with E-state index in [0.717, 1.165) is 5.82 Å². The molecule has 2 rings (SSSR count). The Labute approximate surface area is 106 Å². The lowest BCUT2D eigenvalue weighted by molar-refractivity contribution is -0.119. The lowest BCUT2D eigenvalue weighted by Gasteiger charge is -2.27. The van der Waals surface area contributed by atoms with Crippen molar-refractivity contribution in [3.8, 4) is 0 Å². The lowest BCUT2D eigenvalue weighted by atomic mass is 10.1.